The van der Waals surface area contributed by atoms with Crippen molar-refractivity contribution in [2.24, 2.45) is 5.92 Å². The van der Waals surface area contributed by atoms with E-state index in [9.17, 15) is 14.4 Å². The van der Waals surface area contributed by atoms with Crippen molar-refractivity contribution < 1.29 is 19.1 Å². The molecule has 0 N–H and O–H groups in total. The van der Waals surface area contributed by atoms with E-state index in [0.29, 0.717) is 6.42 Å². The Kier molecular flexibility index (Phi) is 5.83. The van der Waals surface area contributed by atoms with Crippen LogP contribution in [0.3, 0.4) is 0 Å². The van der Waals surface area contributed by atoms with Gasteiger partial charge in [-0.05, 0) is 29.5 Å². The topological polar surface area (TPSA) is 60.4 Å². The molecular formula is C23H22O4S2. The second-order valence-electron chi connectivity index (χ2n) is 7.44. The third kappa shape index (κ3) is 3.88. The number of carbonyl (C=O) groups is 3. The number of cyclic esters (lactones) is 1. The Morgan fingerprint density at radius 1 is 1.07 bits per heavy atom. The molecule has 2 heterocycles. The van der Waals surface area contributed by atoms with Crippen LogP contribution in [0.2, 0.25) is 0 Å². The van der Waals surface area contributed by atoms with Crippen LogP contribution < -0.4 is 0 Å². The van der Waals surface area contributed by atoms with Crippen molar-refractivity contribution in [2.75, 3.05) is 6.26 Å². The number of Topliss-reactive ketones (excluding diaryl/α,β-unsaturated/α-hetero) is 2. The van der Waals surface area contributed by atoms with E-state index in [-0.39, 0.29) is 29.2 Å². The molecule has 0 amide bonds. The van der Waals surface area contributed by atoms with E-state index >= 15 is 0 Å². The highest BCUT2D eigenvalue weighted by molar-refractivity contribution is 7.99. The summed E-state index contributed by atoms with van der Waals surface area (Å²) in [6.07, 6.45) is 1.71. The summed E-state index contributed by atoms with van der Waals surface area (Å²) in [6.45, 7) is 1.98. The Bertz CT molecular complexity index is 925. The molecule has 2 aromatic carbocycles. The third-order valence-electron chi connectivity index (χ3n) is 5.58. The van der Waals surface area contributed by atoms with Gasteiger partial charge >= 0.3 is 5.97 Å². The van der Waals surface area contributed by atoms with Crippen LogP contribution in [0.4, 0.5) is 0 Å². The van der Waals surface area contributed by atoms with Crippen molar-refractivity contribution in [3.8, 4) is 0 Å². The number of carbonyl (C=O) groups excluding carboxylic acids is 3. The minimum atomic E-state index is -1.29. The number of hydrogen-bond acceptors (Lipinski definition) is 6. The maximum atomic E-state index is 13.1. The average Bonchev–Trinajstić information content (AvgIpc) is 3.00. The minimum absolute atomic E-state index is 0.116. The number of fused-ring (bicyclic) bond motifs is 2. The van der Waals surface area contributed by atoms with Gasteiger partial charge in [-0.15, -0.1) is 0 Å². The molecular weight excluding hydrogens is 404 g/mol. The minimum Gasteiger partial charge on any atom is -0.453 e. The fraction of sp³-hybridized carbons (Fsp3) is 0.348. The van der Waals surface area contributed by atoms with Gasteiger partial charge < -0.3 is 4.74 Å². The molecule has 2 aliphatic rings. The first-order valence-corrected chi connectivity index (χ1v) is 11.8. The van der Waals surface area contributed by atoms with E-state index in [1.54, 1.807) is 23.5 Å². The van der Waals surface area contributed by atoms with Crippen molar-refractivity contribution in [3.05, 3.63) is 59.7 Å². The van der Waals surface area contributed by atoms with Crippen LogP contribution >= 0.6 is 23.5 Å². The predicted octanol–water partition coefficient (Wildman–Crippen LogP) is 4.49. The summed E-state index contributed by atoms with van der Waals surface area (Å²) in [5.41, 5.74) is 2.13. The molecule has 150 valence electrons. The van der Waals surface area contributed by atoms with Crippen molar-refractivity contribution in [1.82, 2.24) is 0 Å². The largest absolute Gasteiger partial charge is 0.453 e. The first kappa shape index (κ1) is 20.2. The molecule has 0 aromatic heterocycles. The Balaban J connectivity index is 1.59. The third-order valence-corrected chi connectivity index (χ3v) is 7.76. The SMILES string of the molecule is CSC(C)CC1OC(=O)C(C(=O)CC2c3ccccc3Sc3ccccc32)C1=O. The molecule has 0 bridgehead atoms. The molecule has 0 saturated carbocycles. The van der Waals surface area contributed by atoms with Gasteiger partial charge in [0.15, 0.2) is 23.6 Å². The monoisotopic (exact) mass is 426 g/mol. The lowest BCUT2D eigenvalue weighted by Gasteiger charge is -2.27. The predicted molar refractivity (Wildman–Crippen MR) is 114 cm³/mol. The van der Waals surface area contributed by atoms with Gasteiger partial charge in [0, 0.05) is 33.8 Å². The van der Waals surface area contributed by atoms with Crippen molar-refractivity contribution in [3.63, 3.8) is 0 Å². The highest BCUT2D eigenvalue weighted by atomic mass is 32.2. The van der Waals surface area contributed by atoms with Crippen LogP contribution in [0.5, 0.6) is 0 Å². The maximum Gasteiger partial charge on any atom is 0.325 e. The van der Waals surface area contributed by atoms with Crippen LogP contribution in [0.1, 0.15) is 36.8 Å². The maximum absolute atomic E-state index is 13.1. The molecule has 1 saturated heterocycles. The lowest BCUT2D eigenvalue weighted by molar-refractivity contribution is -0.147. The number of thioether (sulfide) groups is 1. The van der Waals surface area contributed by atoms with Gasteiger partial charge in [0.05, 0.1) is 0 Å². The van der Waals surface area contributed by atoms with Crippen LogP contribution in [-0.4, -0.2) is 35.1 Å². The summed E-state index contributed by atoms with van der Waals surface area (Å²) < 4.78 is 5.28. The lowest BCUT2D eigenvalue weighted by Crippen LogP contribution is -2.30. The molecule has 4 rings (SSSR count). The molecule has 0 spiro atoms. The van der Waals surface area contributed by atoms with Gasteiger partial charge in [-0.1, -0.05) is 55.1 Å². The van der Waals surface area contributed by atoms with E-state index < -0.39 is 18.0 Å². The second kappa shape index (κ2) is 8.36. The molecule has 4 nitrogen and oxygen atoms in total. The molecule has 3 unspecified atom stereocenters. The molecule has 6 heteroatoms. The van der Waals surface area contributed by atoms with E-state index in [0.717, 1.165) is 20.9 Å². The first-order valence-electron chi connectivity index (χ1n) is 9.65. The Morgan fingerprint density at radius 3 is 2.24 bits per heavy atom. The van der Waals surface area contributed by atoms with Crippen LogP contribution in [0, 0.1) is 5.92 Å². The number of rotatable bonds is 6. The van der Waals surface area contributed by atoms with Crippen LogP contribution in [0.15, 0.2) is 58.3 Å². The molecule has 3 atom stereocenters. The van der Waals surface area contributed by atoms with Gasteiger partial charge in [-0.2, -0.15) is 11.8 Å². The van der Waals surface area contributed by atoms with E-state index in [1.807, 2.05) is 61.7 Å². The fourth-order valence-electron chi connectivity index (χ4n) is 3.97. The summed E-state index contributed by atoms with van der Waals surface area (Å²) in [4.78, 5) is 40.5. The molecule has 29 heavy (non-hydrogen) atoms. The molecule has 2 aromatic rings. The summed E-state index contributed by atoms with van der Waals surface area (Å²) in [5, 5.41) is 0.180. The number of benzene rings is 2. The molecule has 0 radical (unpaired) electrons. The smallest absolute Gasteiger partial charge is 0.325 e. The summed E-state index contributed by atoms with van der Waals surface area (Å²) in [6, 6.07) is 16.0. The highest BCUT2D eigenvalue weighted by Gasteiger charge is 2.48. The zero-order chi connectivity index (χ0) is 20.5. The summed E-state index contributed by atoms with van der Waals surface area (Å²) >= 11 is 3.29. The molecule has 1 fully saturated rings. The zero-order valence-electron chi connectivity index (χ0n) is 16.3. The Hall–Kier alpha value is -2.05. The quantitative estimate of drug-likeness (QED) is 0.501. The highest BCUT2D eigenvalue weighted by Crippen LogP contribution is 2.47. The van der Waals surface area contributed by atoms with Gasteiger partial charge in [-0.3, -0.25) is 14.4 Å². The van der Waals surface area contributed by atoms with E-state index in [1.165, 1.54) is 0 Å². The lowest BCUT2D eigenvalue weighted by atomic mass is 9.83. The molecule has 0 aliphatic carbocycles. The number of esters is 1. The van der Waals surface area contributed by atoms with Crippen LogP contribution in [0.25, 0.3) is 0 Å². The number of hydrogen-bond donors (Lipinski definition) is 0. The molecule has 2 aliphatic heterocycles. The number of ketones is 2. The average molecular weight is 427 g/mol. The van der Waals surface area contributed by atoms with Gasteiger partial charge in [-0.25, -0.2) is 0 Å². The Labute approximate surface area is 178 Å². The van der Waals surface area contributed by atoms with Gasteiger partial charge in [0.2, 0.25) is 0 Å². The summed E-state index contributed by atoms with van der Waals surface area (Å²) in [7, 11) is 0. The normalized spacial score (nSPS) is 22.0. The van der Waals surface area contributed by atoms with Crippen LogP contribution in [-0.2, 0) is 19.1 Å². The fourth-order valence-corrected chi connectivity index (χ4v) is 5.52. The standard InChI is InChI=1S/C23H22O4S2/c1-13(28-2)11-18-22(25)21(23(26)27-18)17(24)12-16-14-7-3-5-9-19(14)29-20-10-6-4-8-15(16)20/h3-10,13,16,18,21H,11-12H2,1-2H3. The zero-order valence-corrected chi connectivity index (χ0v) is 17.9. The van der Waals surface area contributed by atoms with Crippen molar-refractivity contribution in [1.29, 1.82) is 0 Å². The van der Waals surface area contributed by atoms with Gasteiger partial charge in [0.25, 0.3) is 0 Å². The Morgan fingerprint density at radius 2 is 1.66 bits per heavy atom. The number of ether oxygens (including phenoxy) is 1. The summed E-state index contributed by atoms with van der Waals surface area (Å²) in [5.74, 6) is -2.87. The second-order valence-corrected chi connectivity index (χ2v) is 9.80. The van der Waals surface area contributed by atoms with E-state index in [2.05, 4.69) is 0 Å². The van der Waals surface area contributed by atoms with Crippen molar-refractivity contribution >= 4 is 41.1 Å². The van der Waals surface area contributed by atoms with Crippen molar-refractivity contribution in [2.45, 2.75) is 46.8 Å². The van der Waals surface area contributed by atoms with Gasteiger partial charge in [0.1, 0.15) is 0 Å². The van der Waals surface area contributed by atoms with E-state index in [4.69, 9.17) is 4.74 Å². The first-order chi connectivity index (χ1) is 14.0.